The third kappa shape index (κ3) is 4.06. The lowest BCUT2D eigenvalue weighted by molar-refractivity contribution is -0.131. The molecule has 0 radical (unpaired) electrons. The molecular formula is C22H24N4O2. The standard InChI is InChI=1S/C22H24N4O2/c1-28-19-9-7-17(8-10-19)14-22(27)25-12-3-4-18(15-25)20-5-2-6-21(24-20)26-13-11-23-16-26/h2,5-11,13,16,18H,3-4,12,14-15H2,1H3/t18-/m0/s1. The molecule has 3 heterocycles. The van der Waals surface area contributed by atoms with Gasteiger partial charge in [-0.1, -0.05) is 18.2 Å². The Morgan fingerprint density at radius 2 is 2.07 bits per heavy atom. The molecular weight excluding hydrogens is 352 g/mol. The van der Waals surface area contributed by atoms with E-state index in [1.807, 2.05) is 52.1 Å². The molecule has 1 aliphatic rings. The van der Waals surface area contributed by atoms with E-state index in [0.717, 1.165) is 48.8 Å². The Labute approximate surface area is 164 Å². The van der Waals surface area contributed by atoms with Gasteiger partial charge >= 0.3 is 0 Å². The molecule has 1 aromatic carbocycles. The second kappa shape index (κ2) is 8.25. The first-order valence-corrected chi connectivity index (χ1v) is 9.59. The molecule has 0 aliphatic carbocycles. The Kier molecular flexibility index (Phi) is 5.37. The van der Waals surface area contributed by atoms with Gasteiger partial charge < -0.3 is 9.64 Å². The Balaban J connectivity index is 1.44. The molecule has 6 nitrogen and oxygen atoms in total. The first kappa shape index (κ1) is 18.2. The van der Waals surface area contributed by atoms with Crippen LogP contribution in [-0.2, 0) is 11.2 Å². The van der Waals surface area contributed by atoms with Gasteiger partial charge in [-0.25, -0.2) is 9.97 Å². The van der Waals surface area contributed by atoms with Gasteiger partial charge in [0.15, 0.2) is 0 Å². The zero-order valence-electron chi connectivity index (χ0n) is 16.0. The minimum absolute atomic E-state index is 0.167. The monoisotopic (exact) mass is 376 g/mol. The Morgan fingerprint density at radius 1 is 1.21 bits per heavy atom. The number of methoxy groups -OCH3 is 1. The largest absolute Gasteiger partial charge is 0.497 e. The predicted molar refractivity (Wildman–Crippen MR) is 107 cm³/mol. The lowest BCUT2D eigenvalue weighted by atomic mass is 9.93. The topological polar surface area (TPSA) is 60.2 Å². The van der Waals surface area contributed by atoms with Crippen LogP contribution >= 0.6 is 0 Å². The van der Waals surface area contributed by atoms with Gasteiger partial charge in [0.25, 0.3) is 0 Å². The molecule has 1 saturated heterocycles. The van der Waals surface area contributed by atoms with Crippen molar-refractivity contribution < 1.29 is 9.53 Å². The quantitative estimate of drug-likeness (QED) is 0.686. The minimum atomic E-state index is 0.167. The zero-order chi connectivity index (χ0) is 19.3. The summed E-state index contributed by atoms with van der Waals surface area (Å²) in [6.07, 6.45) is 7.84. The molecule has 3 aromatic rings. The van der Waals surface area contributed by atoms with Gasteiger partial charge in [-0.05, 0) is 42.7 Å². The van der Waals surface area contributed by atoms with Gasteiger partial charge in [0.2, 0.25) is 5.91 Å². The van der Waals surface area contributed by atoms with Crippen molar-refractivity contribution in [3.8, 4) is 11.6 Å². The zero-order valence-corrected chi connectivity index (χ0v) is 16.0. The second-order valence-electron chi connectivity index (χ2n) is 7.09. The van der Waals surface area contributed by atoms with E-state index in [9.17, 15) is 4.79 Å². The number of hydrogen-bond acceptors (Lipinski definition) is 4. The number of imidazole rings is 1. The fraction of sp³-hybridized carbons (Fsp3) is 0.318. The molecule has 1 fully saturated rings. The molecule has 0 spiro atoms. The summed E-state index contributed by atoms with van der Waals surface area (Å²) >= 11 is 0. The number of nitrogens with zero attached hydrogens (tertiary/aromatic N) is 4. The maximum absolute atomic E-state index is 12.8. The van der Waals surface area contributed by atoms with Crippen molar-refractivity contribution in [2.24, 2.45) is 0 Å². The third-order valence-corrected chi connectivity index (χ3v) is 5.23. The highest BCUT2D eigenvalue weighted by Crippen LogP contribution is 2.27. The van der Waals surface area contributed by atoms with Crippen LogP contribution in [0.15, 0.2) is 61.2 Å². The number of benzene rings is 1. The normalized spacial score (nSPS) is 16.8. The number of pyridine rings is 1. The molecule has 6 heteroatoms. The summed E-state index contributed by atoms with van der Waals surface area (Å²) in [6, 6.07) is 13.8. The van der Waals surface area contributed by atoms with Gasteiger partial charge in [-0.3, -0.25) is 9.36 Å². The molecule has 4 rings (SSSR count). The van der Waals surface area contributed by atoms with Crippen LogP contribution < -0.4 is 4.74 Å². The van der Waals surface area contributed by atoms with Crippen molar-refractivity contribution in [1.82, 2.24) is 19.4 Å². The number of aromatic nitrogens is 3. The SMILES string of the molecule is COc1ccc(CC(=O)N2CCC[C@H](c3cccc(-n4ccnc4)n3)C2)cc1. The molecule has 1 aliphatic heterocycles. The molecule has 0 unspecified atom stereocenters. The van der Waals surface area contributed by atoms with E-state index in [0.29, 0.717) is 6.42 Å². The van der Waals surface area contributed by atoms with E-state index in [1.54, 1.807) is 19.6 Å². The summed E-state index contributed by atoms with van der Waals surface area (Å²) < 4.78 is 7.08. The van der Waals surface area contributed by atoms with Gasteiger partial charge in [0.1, 0.15) is 17.9 Å². The summed E-state index contributed by atoms with van der Waals surface area (Å²) in [5.41, 5.74) is 2.04. The summed E-state index contributed by atoms with van der Waals surface area (Å²) in [5.74, 6) is 2.09. The number of carbonyl (C=O) groups excluding carboxylic acids is 1. The van der Waals surface area contributed by atoms with Crippen LogP contribution in [0.25, 0.3) is 5.82 Å². The lowest BCUT2D eigenvalue weighted by Gasteiger charge is -2.32. The fourth-order valence-corrected chi connectivity index (χ4v) is 3.68. The highest BCUT2D eigenvalue weighted by Gasteiger charge is 2.25. The van der Waals surface area contributed by atoms with Crippen molar-refractivity contribution >= 4 is 5.91 Å². The summed E-state index contributed by atoms with van der Waals surface area (Å²) in [6.45, 7) is 1.53. The van der Waals surface area contributed by atoms with Crippen LogP contribution in [-0.4, -0.2) is 45.5 Å². The summed E-state index contributed by atoms with van der Waals surface area (Å²) in [4.78, 5) is 23.7. The van der Waals surface area contributed by atoms with E-state index in [-0.39, 0.29) is 11.8 Å². The van der Waals surface area contributed by atoms with E-state index in [4.69, 9.17) is 9.72 Å². The van der Waals surface area contributed by atoms with E-state index < -0.39 is 0 Å². The smallest absolute Gasteiger partial charge is 0.227 e. The first-order chi connectivity index (χ1) is 13.7. The number of ether oxygens (including phenoxy) is 1. The van der Waals surface area contributed by atoms with Crippen molar-refractivity contribution in [1.29, 1.82) is 0 Å². The molecule has 1 amide bonds. The molecule has 0 saturated carbocycles. The number of piperidine rings is 1. The average Bonchev–Trinajstić information content (AvgIpc) is 3.29. The number of hydrogen-bond donors (Lipinski definition) is 0. The molecule has 28 heavy (non-hydrogen) atoms. The highest BCUT2D eigenvalue weighted by molar-refractivity contribution is 5.79. The maximum atomic E-state index is 12.8. The van der Waals surface area contributed by atoms with Gasteiger partial charge in [0.05, 0.1) is 13.5 Å². The van der Waals surface area contributed by atoms with Gasteiger partial charge in [0, 0.05) is 37.1 Å². The molecule has 144 valence electrons. The lowest BCUT2D eigenvalue weighted by Crippen LogP contribution is -2.40. The first-order valence-electron chi connectivity index (χ1n) is 9.59. The molecule has 2 aromatic heterocycles. The number of amides is 1. The van der Waals surface area contributed by atoms with Crippen molar-refractivity contribution in [3.05, 3.63) is 72.4 Å². The Morgan fingerprint density at radius 3 is 2.82 bits per heavy atom. The van der Waals surface area contributed by atoms with Crippen LogP contribution in [0.4, 0.5) is 0 Å². The van der Waals surface area contributed by atoms with Crippen molar-refractivity contribution in [2.75, 3.05) is 20.2 Å². The second-order valence-corrected chi connectivity index (χ2v) is 7.09. The van der Waals surface area contributed by atoms with Crippen LogP contribution in [0.3, 0.4) is 0 Å². The van der Waals surface area contributed by atoms with Crippen LogP contribution in [0.1, 0.15) is 30.0 Å². The summed E-state index contributed by atoms with van der Waals surface area (Å²) in [5, 5.41) is 0. The number of rotatable bonds is 5. The average molecular weight is 376 g/mol. The molecule has 1 atom stereocenters. The fourth-order valence-electron chi connectivity index (χ4n) is 3.68. The van der Waals surface area contributed by atoms with Crippen molar-refractivity contribution in [2.45, 2.75) is 25.2 Å². The minimum Gasteiger partial charge on any atom is -0.497 e. The Bertz CT molecular complexity index is 922. The number of carbonyl (C=O) groups is 1. The molecule has 0 N–H and O–H groups in total. The van der Waals surface area contributed by atoms with Crippen LogP contribution in [0.5, 0.6) is 5.75 Å². The predicted octanol–water partition coefficient (Wildman–Crippen LogP) is 3.22. The highest BCUT2D eigenvalue weighted by atomic mass is 16.5. The van der Waals surface area contributed by atoms with Crippen LogP contribution in [0.2, 0.25) is 0 Å². The third-order valence-electron chi connectivity index (χ3n) is 5.23. The van der Waals surface area contributed by atoms with Crippen LogP contribution in [0, 0.1) is 0 Å². The summed E-state index contributed by atoms with van der Waals surface area (Å²) in [7, 11) is 1.64. The molecule has 0 bridgehead atoms. The van der Waals surface area contributed by atoms with Crippen molar-refractivity contribution in [3.63, 3.8) is 0 Å². The van der Waals surface area contributed by atoms with E-state index >= 15 is 0 Å². The van der Waals surface area contributed by atoms with E-state index in [2.05, 4.69) is 11.1 Å². The van der Waals surface area contributed by atoms with Gasteiger partial charge in [-0.15, -0.1) is 0 Å². The van der Waals surface area contributed by atoms with Gasteiger partial charge in [-0.2, -0.15) is 0 Å². The maximum Gasteiger partial charge on any atom is 0.227 e. The number of likely N-dealkylation sites (tertiary alicyclic amines) is 1. The Hall–Kier alpha value is -3.15. The van der Waals surface area contributed by atoms with E-state index in [1.165, 1.54) is 0 Å².